The number of aryl methyl sites for hydroxylation is 1. The van der Waals surface area contributed by atoms with Crippen molar-refractivity contribution in [2.24, 2.45) is 11.7 Å². The van der Waals surface area contributed by atoms with Gasteiger partial charge in [0.2, 0.25) is 5.91 Å². The number of carbonyl (C=O) groups is 2. The second kappa shape index (κ2) is 6.31. The fraction of sp³-hybridized carbons (Fsp3) is 0.467. The molecule has 0 aromatic heterocycles. The first-order valence-electron chi connectivity index (χ1n) is 6.76. The number of primary amides is 1. The third-order valence-corrected chi connectivity index (χ3v) is 4.51. The quantitative estimate of drug-likeness (QED) is 0.867. The largest absolute Gasteiger partial charge is 0.369 e. The van der Waals surface area contributed by atoms with Crippen molar-refractivity contribution in [3.05, 3.63) is 29.3 Å². The lowest BCUT2D eigenvalue weighted by Crippen LogP contribution is -2.44. The van der Waals surface area contributed by atoms with Gasteiger partial charge in [0, 0.05) is 23.5 Å². The molecule has 2 N–H and O–H groups in total. The van der Waals surface area contributed by atoms with Gasteiger partial charge in [-0.25, -0.2) is 0 Å². The lowest BCUT2D eigenvalue weighted by atomic mass is 9.96. The van der Waals surface area contributed by atoms with E-state index in [-0.39, 0.29) is 17.7 Å². The van der Waals surface area contributed by atoms with Gasteiger partial charge in [0.05, 0.1) is 5.92 Å². The molecule has 0 bridgehead atoms. The van der Waals surface area contributed by atoms with Crippen molar-refractivity contribution < 1.29 is 9.59 Å². The molecule has 5 heteroatoms. The Morgan fingerprint density at radius 2 is 2.15 bits per heavy atom. The number of nitrogens with zero attached hydrogens (tertiary/aromatic N) is 1. The van der Waals surface area contributed by atoms with Gasteiger partial charge in [-0.3, -0.25) is 9.59 Å². The van der Waals surface area contributed by atoms with Crippen LogP contribution < -0.4 is 5.73 Å². The van der Waals surface area contributed by atoms with Crippen LogP contribution in [-0.4, -0.2) is 36.1 Å². The Bertz CT molecular complexity index is 531. The zero-order valence-electron chi connectivity index (χ0n) is 11.9. The summed E-state index contributed by atoms with van der Waals surface area (Å²) >= 11 is 1.62. The predicted molar refractivity (Wildman–Crippen MR) is 80.8 cm³/mol. The Morgan fingerprint density at radius 3 is 2.80 bits per heavy atom. The van der Waals surface area contributed by atoms with Crippen LogP contribution in [0.25, 0.3) is 0 Å². The van der Waals surface area contributed by atoms with Crippen LogP contribution in [0, 0.1) is 12.8 Å². The molecule has 1 fully saturated rings. The Kier molecular flexibility index (Phi) is 4.70. The summed E-state index contributed by atoms with van der Waals surface area (Å²) in [5, 5.41) is 0. The fourth-order valence-corrected chi connectivity index (χ4v) is 2.96. The van der Waals surface area contributed by atoms with Crippen LogP contribution in [-0.2, 0) is 4.79 Å². The van der Waals surface area contributed by atoms with Gasteiger partial charge in [0.1, 0.15) is 0 Å². The highest BCUT2D eigenvalue weighted by Crippen LogP contribution is 2.23. The van der Waals surface area contributed by atoms with Gasteiger partial charge >= 0.3 is 0 Å². The standard InChI is InChI=1S/C15H20N2O2S/c1-10-5-6-12(20-2)8-13(10)15(19)17-7-3-4-11(9-17)14(16)18/h5-6,8,11H,3-4,7,9H2,1-2H3,(H2,16,18). The van der Waals surface area contributed by atoms with Gasteiger partial charge in [-0.15, -0.1) is 11.8 Å². The minimum Gasteiger partial charge on any atom is -0.369 e. The molecule has 1 saturated heterocycles. The van der Waals surface area contributed by atoms with E-state index in [0.717, 1.165) is 28.9 Å². The molecule has 1 atom stereocenters. The van der Waals surface area contributed by atoms with E-state index in [0.29, 0.717) is 13.1 Å². The smallest absolute Gasteiger partial charge is 0.254 e. The number of benzene rings is 1. The van der Waals surface area contributed by atoms with Gasteiger partial charge in [-0.2, -0.15) is 0 Å². The van der Waals surface area contributed by atoms with Gasteiger partial charge < -0.3 is 10.6 Å². The first kappa shape index (κ1) is 14.9. The van der Waals surface area contributed by atoms with Crippen molar-refractivity contribution >= 4 is 23.6 Å². The first-order chi connectivity index (χ1) is 9.52. The van der Waals surface area contributed by atoms with Crippen LogP contribution in [0.3, 0.4) is 0 Å². The summed E-state index contributed by atoms with van der Waals surface area (Å²) in [7, 11) is 0. The maximum absolute atomic E-state index is 12.6. The summed E-state index contributed by atoms with van der Waals surface area (Å²) in [6.45, 7) is 3.08. The molecule has 0 saturated carbocycles. The SMILES string of the molecule is CSc1ccc(C)c(C(=O)N2CCCC(C(N)=O)C2)c1. The molecule has 1 unspecified atom stereocenters. The van der Waals surface area contributed by atoms with Crippen LogP contribution in [0.1, 0.15) is 28.8 Å². The summed E-state index contributed by atoms with van der Waals surface area (Å²) in [6.07, 6.45) is 3.60. The molecule has 2 amide bonds. The van der Waals surface area contributed by atoms with Crippen LogP contribution in [0.4, 0.5) is 0 Å². The van der Waals surface area contributed by atoms with E-state index in [2.05, 4.69) is 0 Å². The summed E-state index contributed by atoms with van der Waals surface area (Å²) in [5.41, 5.74) is 7.05. The van der Waals surface area contributed by atoms with Crippen LogP contribution in [0.5, 0.6) is 0 Å². The van der Waals surface area contributed by atoms with Crippen LogP contribution >= 0.6 is 11.8 Å². The molecule has 108 valence electrons. The van der Waals surface area contributed by atoms with E-state index >= 15 is 0 Å². The number of hydrogen-bond acceptors (Lipinski definition) is 3. The zero-order valence-corrected chi connectivity index (χ0v) is 12.7. The number of rotatable bonds is 3. The van der Waals surface area contributed by atoms with Gasteiger partial charge in [-0.05, 0) is 43.7 Å². The first-order valence-corrected chi connectivity index (χ1v) is 7.98. The number of thioether (sulfide) groups is 1. The number of nitrogens with two attached hydrogens (primary N) is 1. The Balaban J connectivity index is 2.20. The van der Waals surface area contributed by atoms with Gasteiger partial charge in [0.15, 0.2) is 0 Å². The lowest BCUT2D eigenvalue weighted by Gasteiger charge is -2.31. The summed E-state index contributed by atoms with van der Waals surface area (Å²) in [6, 6.07) is 5.91. The number of hydrogen-bond donors (Lipinski definition) is 1. The summed E-state index contributed by atoms with van der Waals surface area (Å²) < 4.78 is 0. The maximum Gasteiger partial charge on any atom is 0.254 e. The lowest BCUT2D eigenvalue weighted by molar-refractivity contribution is -0.123. The Labute approximate surface area is 123 Å². The van der Waals surface area contributed by atoms with Crippen molar-refractivity contribution in [1.29, 1.82) is 0 Å². The molecular formula is C15H20N2O2S. The molecule has 1 aromatic rings. The molecule has 1 aromatic carbocycles. The van der Waals surface area contributed by atoms with Gasteiger partial charge in [-0.1, -0.05) is 6.07 Å². The molecule has 0 spiro atoms. The predicted octanol–water partition coefficient (Wildman–Crippen LogP) is 2.05. The Morgan fingerprint density at radius 1 is 1.40 bits per heavy atom. The average Bonchev–Trinajstić information content (AvgIpc) is 2.47. The zero-order chi connectivity index (χ0) is 14.7. The van der Waals surface area contributed by atoms with E-state index in [4.69, 9.17) is 5.73 Å². The summed E-state index contributed by atoms with van der Waals surface area (Å²) in [5.74, 6) is -0.516. The maximum atomic E-state index is 12.6. The molecular weight excluding hydrogens is 272 g/mol. The highest BCUT2D eigenvalue weighted by molar-refractivity contribution is 7.98. The van der Waals surface area contributed by atoms with E-state index in [9.17, 15) is 9.59 Å². The van der Waals surface area contributed by atoms with E-state index in [1.807, 2.05) is 31.4 Å². The number of piperidine rings is 1. The topological polar surface area (TPSA) is 63.4 Å². The van der Waals surface area contributed by atoms with Crippen LogP contribution in [0.2, 0.25) is 0 Å². The highest BCUT2D eigenvalue weighted by Gasteiger charge is 2.28. The van der Waals surface area contributed by atoms with Crippen molar-refractivity contribution in [2.45, 2.75) is 24.7 Å². The average molecular weight is 292 g/mol. The minimum atomic E-state index is -0.308. The number of carbonyl (C=O) groups excluding carboxylic acids is 2. The van der Waals surface area contributed by atoms with Crippen molar-refractivity contribution in [1.82, 2.24) is 4.90 Å². The third kappa shape index (κ3) is 3.15. The van der Waals surface area contributed by atoms with Crippen molar-refractivity contribution in [3.63, 3.8) is 0 Å². The normalized spacial score (nSPS) is 18.9. The van der Waals surface area contributed by atoms with Gasteiger partial charge in [0.25, 0.3) is 5.91 Å². The second-order valence-electron chi connectivity index (χ2n) is 5.17. The van der Waals surface area contributed by atoms with E-state index < -0.39 is 0 Å². The van der Waals surface area contributed by atoms with Crippen molar-refractivity contribution in [2.75, 3.05) is 19.3 Å². The number of likely N-dealkylation sites (tertiary alicyclic amines) is 1. The van der Waals surface area contributed by atoms with E-state index in [1.54, 1.807) is 16.7 Å². The number of amides is 2. The molecule has 0 aliphatic carbocycles. The minimum absolute atomic E-state index is 0.00403. The third-order valence-electron chi connectivity index (χ3n) is 3.79. The monoisotopic (exact) mass is 292 g/mol. The van der Waals surface area contributed by atoms with Crippen LogP contribution in [0.15, 0.2) is 23.1 Å². The molecule has 20 heavy (non-hydrogen) atoms. The molecule has 1 aliphatic rings. The van der Waals surface area contributed by atoms with Crippen molar-refractivity contribution in [3.8, 4) is 0 Å². The fourth-order valence-electron chi connectivity index (χ4n) is 2.52. The molecule has 1 heterocycles. The molecule has 1 aliphatic heterocycles. The second-order valence-corrected chi connectivity index (χ2v) is 6.05. The molecule has 2 rings (SSSR count). The Hall–Kier alpha value is -1.49. The van der Waals surface area contributed by atoms with E-state index in [1.165, 1.54) is 0 Å². The molecule has 0 radical (unpaired) electrons. The summed E-state index contributed by atoms with van der Waals surface area (Å²) in [4.78, 5) is 26.8. The highest BCUT2D eigenvalue weighted by atomic mass is 32.2. The molecule has 4 nitrogen and oxygen atoms in total.